The lowest BCUT2D eigenvalue weighted by Gasteiger charge is -2.12. The van der Waals surface area contributed by atoms with Crippen molar-refractivity contribution in [3.8, 4) is 0 Å². The van der Waals surface area contributed by atoms with Crippen molar-refractivity contribution in [2.75, 3.05) is 7.11 Å². The van der Waals surface area contributed by atoms with Crippen LogP contribution in [0.4, 0.5) is 0 Å². The van der Waals surface area contributed by atoms with Gasteiger partial charge in [-0.25, -0.2) is 0 Å². The Labute approximate surface area is 107 Å². The van der Waals surface area contributed by atoms with Crippen LogP contribution in [0.25, 0.3) is 0 Å². The lowest BCUT2D eigenvalue weighted by molar-refractivity contribution is 0.170. The summed E-state index contributed by atoms with van der Waals surface area (Å²) in [5.74, 6) is 0. The summed E-state index contributed by atoms with van der Waals surface area (Å²) < 4.78 is 4.89. The van der Waals surface area contributed by atoms with Gasteiger partial charge in [-0.15, -0.1) is 0 Å². The number of benzene rings is 1. The SMILES string of the molecule is COC(Cl)c1cc(Cl)c(Cl)c(Cl)c1Cl. The van der Waals surface area contributed by atoms with E-state index < -0.39 is 5.56 Å². The minimum absolute atomic E-state index is 0.179. The molecule has 1 aromatic carbocycles. The molecule has 0 aliphatic heterocycles. The van der Waals surface area contributed by atoms with Crippen LogP contribution in [0.5, 0.6) is 0 Å². The third-order valence-corrected chi connectivity index (χ3v) is 3.76. The Bertz CT molecular complexity index is 352. The van der Waals surface area contributed by atoms with Crippen LogP contribution >= 0.6 is 58.0 Å². The molecule has 6 heteroatoms. The first kappa shape index (κ1) is 12.7. The van der Waals surface area contributed by atoms with E-state index in [1.54, 1.807) is 0 Å². The van der Waals surface area contributed by atoms with Crippen LogP contribution in [0.1, 0.15) is 11.1 Å². The van der Waals surface area contributed by atoms with Crippen LogP contribution in [0, 0.1) is 0 Å². The molecule has 0 spiro atoms. The first-order chi connectivity index (χ1) is 6.49. The maximum absolute atomic E-state index is 5.90. The summed E-state index contributed by atoms with van der Waals surface area (Å²) in [6.45, 7) is 0. The maximum atomic E-state index is 5.90. The fourth-order valence-corrected chi connectivity index (χ4v) is 2.03. The van der Waals surface area contributed by atoms with Crippen molar-refractivity contribution < 1.29 is 4.74 Å². The zero-order valence-corrected chi connectivity index (χ0v) is 10.7. The molecule has 0 aliphatic carbocycles. The van der Waals surface area contributed by atoms with Crippen molar-refractivity contribution in [3.05, 3.63) is 31.7 Å². The highest BCUT2D eigenvalue weighted by atomic mass is 35.5. The van der Waals surface area contributed by atoms with E-state index in [1.807, 2.05) is 0 Å². The smallest absolute Gasteiger partial charge is 0.157 e. The van der Waals surface area contributed by atoms with Gasteiger partial charge in [-0.3, -0.25) is 0 Å². The van der Waals surface area contributed by atoms with Crippen molar-refractivity contribution in [1.82, 2.24) is 0 Å². The van der Waals surface area contributed by atoms with Gasteiger partial charge in [0, 0.05) is 12.7 Å². The monoisotopic (exact) mass is 292 g/mol. The van der Waals surface area contributed by atoms with E-state index in [9.17, 15) is 0 Å². The van der Waals surface area contributed by atoms with Crippen LogP contribution in [-0.4, -0.2) is 7.11 Å². The molecule has 0 radical (unpaired) electrons. The van der Waals surface area contributed by atoms with Crippen LogP contribution in [-0.2, 0) is 4.74 Å². The lowest BCUT2D eigenvalue weighted by Crippen LogP contribution is -1.95. The van der Waals surface area contributed by atoms with Gasteiger partial charge < -0.3 is 4.74 Å². The average molecular weight is 294 g/mol. The zero-order valence-electron chi connectivity index (χ0n) is 6.95. The van der Waals surface area contributed by atoms with Gasteiger partial charge in [-0.1, -0.05) is 58.0 Å². The standard InChI is InChI=1S/C8H5Cl5O/c1-14-8(13)3-2-4(9)6(11)7(12)5(3)10/h2,8H,1H3. The molecule has 1 rings (SSSR count). The topological polar surface area (TPSA) is 9.23 Å². The second-order valence-electron chi connectivity index (χ2n) is 2.44. The molecule has 1 aromatic rings. The minimum atomic E-state index is -0.699. The molecule has 0 bridgehead atoms. The highest BCUT2D eigenvalue weighted by Crippen LogP contribution is 2.41. The summed E-state index contributed by atoms with van der Waals surface area (Å²) >= 11 is 29.1. The normalized spacial score (nSPS) is 13.0. The van der Waals surface area contributed by atoms with E-state index in [2.05, 4.69) is 0 Å². The Hall–Kier alpha value is 0.630. The van der Waals surface area contributed by atoms with E-state index in [0.29, 0.717) is 10.6 Å². The van der Waals surface area contributed by atoms with Crippen LogP contribution < -0.4 is 0 Å². The number of hydrogen-bond acceptors (Lipinski definition) is 1. The van der Waals surface area contributed by atoms with Gasteiger partial charge in [0.15, 0.2) is 5.56 Å². The third kappa shape index (κ3) is 2.41. The number of rotatable bonds is 2. The van der Waals surface area contributed by atoms with Gasteiger partial charge >= 0.3 is 0 Å². The second kappa shape index (κ2) is 5.11. The Kier molecular flexibility index (Phi) is 4.63. The third-order valence-electron chi connectivity index (χ3n) is 1.58. The summed E-state index contributed by atoms with van der Waals surface area (Å²) in [5, 5.41) is 0.933. The Balaban J connectivity index is 3.33. The summed E-state index contributed by atoms with van der Waals surface area (Å²) in [5.41, 5.74) is -0.204. The summed E-state index contributed by atoms with van der Waals surface area (Å²) in [7, 11) is 1.45. The zero-order chi connectivity index (χ0) is 10.9. The van der Waals surface area contributed by atoms with Crippen molar-refractivity contribution in [3.63, 3.8) is 0 Å². The summed E-state index contributed by atoms with van der Waals surface area (Å²) in [6.07, 6.45) is 0. The highest BCUT2D eigenvalue weighted by molar-refractivity contribution is 6.52. The molecule has 0 fully saturated rings. The molecule has 78 valence electrons. The first-order valence-corrected chi connectivity index (χ1v) is 5.43. The van der Waals surface area contributed by atoms with Gasteiger partial charge in [0.25, 0.3) is 0 Å². The van der Waals surface area contributed by atoms with Gasteiger partial charge in [-0.2, -0.15) is 0 Å². The minimum Gasteiger partial charge on any atom is -0.361 e. The molecular weight excluding hydrogens is 289 g/mol. The van der Waals surface area contributed by atoms with Gasteiger partial charge in [-0.05, 0) is 6.07 Å². The molecule has 14 heavy (non-hydrogen) atoms. The van der Waals surface area contributed by atoms with E-state index in [0.717, 1.165) is 0 Å². The van der Waals surface area contributed by atoms with Crippen molar-refractivity contribution in [1.29, 1.82) is 0 Å². The summed E-state index contributed by atoms with van der Waals surface area (Å²) in [4.78, 5) is 0. The van der Waals surface area contributed by atoms with Crippen LogP contribution in [0.15, 0.2) is 6.07 Å². The number of methoxy groups -OCH3 is 1. The van der Waals surface area contributed by atoms with Crippen LogP contribution in [0.2, 0.25) is 20.1 Å². The molecule has 1 atom stereocenters. The molecule has 0 heterocycles. The largest absolute Gasteiger partial charge is 0.361 e. The maximum Gasteiger partial charge on any atom is 0.157 e. The molecular formula is C8H5Cl5O. The number of alkyl halides is 1. The van der Waals surface area contributed by atoms with Crippen LogP contribution in [0.3, 0.4) is 0 Å². The molecule has 0 N–H and O–H groups in total. The second-order valence-corrected chi connectivity index (χ2v) is 4.38. The molecule has 0 aromatic heterocycles. The predicted octanol–water partition coefficient (Wildman–Crippen LogP) is 5.18. The average Bonchev–Trinajstić information content (AvgIpc) is 2.19. The lowest BCUT2D eigenvalue weighted by atomic mass is 10.2. The molecule has 1 unspecified atom stereocenters. The van der Waals surface area contributed by atoms with Gasteiger partial charge in [0.05, 0.1) is 20.1 Å². The van der Waals surface area contributed by atoms with E-state index in [1.165, 1.54) is 13.2 Å². The van der Waals surface area contributed by atoms with E-state index >= 15 is 0 Å². The molecule has 0 saturated carbocycles. The van der Waals surface area contributed by atoms with Crippen molar-refractivity contribution >= 4 is 58.0 Å². The van der Waals surface area contributed by atoms with E-state index in [4.69, 9.17) is 62.7 Å². The predicted molar refractivity (Wildman–Crippen MR) is 62.1 cm³/mol. The molecule has 0 saturated heterocycles. The fourth-order valence-electron chi connectivity index (χ4n) is 0.883. The quantitative estimate of drug-likeness (QED) is 0.414. The first-order valence-electron chi connectivity index (χ1n) is 3.48. The number of hydrogen-bond donors (Lipinski definition) is 0. The fraction of sp³-hybridized carbons (Fsp3) is 0.250. The number of halogens is 5. The Morgan fingerprint density at radius 2 is 1.64 bits per heavy atom. The number of ether oxygens (including phenoxy) is 1. The van der Waals surface area contributed by atoms with Gasteiger partial charge in [0.2, 0.25) is 0 Å². The van der Waals surface area contributed by atoms with Crippen molar-refractivity contribution in [2.24, 2.45) is 0 Å². The summed E-state index contributed by atoms with van der Waals surface area (Å²) in [6, 6.07) is 1.53. The Morgan fingerprint density at radius 1 is 1.07 bits per heavy atom. The molecule has 0 amide bonds. The molecule has 0 aliphatic rings. The Morgan fingerprint density at radius 3 is 2.14 bits per heavy atom. The van der Waals surface area contributed by atoms with Crippen molar-refractivity contribution in [2.45, 2.75) is 5.56 Å². The van der Waals surface area contributed by atoms with E-state index in [-0.39, 0.29) is 15.1 Å². The van der Waals surface area contributed by atoms with Gasteiger partial charge in [0.1, 0.15) is 0 Å². The highest BCUT2D eigenvalue weighted by Gasteiger charge is 2.18. The molecule has 1 nitrogen and oxygen atoms in total.